The maximum Gasteiger partial charge on any atom is 0.246 e. The van der Waals surface area contributed by atoms with Gasteiger partial charge < -0.3 is 10.2 Å². The first-order chi connectivity index (χ1) is 9.27. The summed E-state index contributed by atoms with van der Waals surface area (Å²) in [5.41, 5.74) is 0.950. The van der Waals surface area contributed by atoms with Crippen molar-refractivity contribution in [2.45, 2.75) is 0 Å². The summed E-state index contributed by atoms with van der Waals surface area (Å²) in [5, 5.41) is 3.07. The number of anilines is 1. The molecule has 1 aliphatic rings. The molecule has 0 aromatic heterocycles. The van der Waals surface area contributed by atoms with Crippen molar-refractivity contribution >= 4 is 28.9 Å². The molecule has 1 saturated heterocycles. The van der Waals surface area contributed by atoms with Crippen LogP contribution in [0.2, 0.25) is 0 Å². The second kappa shape index (κ2) is 6.66. The molecule has 0 unspecified atom stereocenters. The summed E-state index contributed by atoms with van der Waals surface area (Å²) in [6.07, 6.45) is 0. The van der Waals surface area contributed by atoms with Crippen LogP contribution in [0.1, 0.15) is 0 Å². The molecule has 3 nitrogen and oxygen atoms in total. The largest absolute Gasteiger partial charge is 0.309 e. The first kappa shape index (κ1) is 13.2. The lowest BCUT2D eigenvalue weighted by molar-refractivity contribution is -0.117. The van der Waals surface area contributed by atoms with Gasteiger partial charge >= 0.3 is 0 Å². The SMILES string of the molecule is O=C1CN(c2ccccc2)C(=S)N1.c1ccccc1. The van der Waals surface area contributed by atoms with Crippen LogP contribution in [-0.4, -0.2) is 17.6 Å². The Hall–Kier alpha value is -2.20. The number of nitrogens with zero attached hydrogens (tertiary/aromatic N) is 1. The fraction of sp³-hybridized carbons (Fsp3) is 0.0667. The zero-order valence-electron chi connectivity index (χ0n) is 10.3. The number of hydrogen-bond donors (Lipinski definition) is 1. The number of amides is 1. The van der Waals surface area contributed by atoms with E-state index in [9.17, 15) is 4.79 Å². The van der Waals surface area contributed by atoms with Crippen molar-refractivity contribution in [2.24, 2.45) is 0 Å². The Bertz CT molecular complexity index is 516. The molecule has 0 aliphatic carbocycles. The van der Waals surface area contributed by atoms with E-state index in [1.54, 1.807) is 4.90 Å². The van der Waals surface area contributed by atoms with E-state index in [1.807, 2.05) is 66.7 Å². The number of rotatable bonds is 1. The predicted octanol–water partition coefficient (Wildman–Crippen LogP) is 2.59. The van der Waals surface area contributed by atoms with E-state index in [1.165, 1.54) is 0 Å². The molecule has 4 heteroatoms. The zero-order valence-corrected chi connectivity index (χ0v) is 11.1. The summed E-state index contributed by atoms with van der Waals surface area (Å²) in [4.78, 5) is 12.8. The van der Waals surface area contributed by atoms with E-state index in [4.69, 9.17) is 12.2 Å². The van der Waals surface area contributed by atoms with E-state index >= 15 is 0 Å². The normalized spacial score (nSPS) is 13.6. The third-order valence-electron chi connectivity index (χ3n) is 2.53. The van der Waals surface area contributed by atoms with Crippen LogP contribution in [-0.2, 0) is 4.79 Å². The number of carbonyl (C=O) groups excluding carboxylic acids is 1. The van der Waals surface area contributed by atoms with Crippen LogP contribution in [0.15, 0.2) is 66.7 Å². The van der Waals surface area contributed by atoms with Gasteiger partial charge in [-0.2, -0.15) is 0 Å². The maximum absolute atomic E-state index is 11.0. The highest BCUT2D eigenvalue weighted by molar-refractivity contribution is 7.80. The Morgan fingerprint density at radius 1 is 0.895 bits per heavy atom. The smallest absolute Gasteiger partial charge is 0.246 e. The molecule has 0 radical (unpaired) electrons. The zero-order chi connectivity index (χ0) is 13.5. The Balaban J connectivity index is 0.000000186. The third kappa shape index (κ3) is 3.89. The van der Waals surface area contributed by atoms with Crippen LogP contribution in [0.4, 0.5) is 5.69 Å². The Labute approximate surface area is 117 Å². The second-order valence-electron chi connectivity index (χ2n) is 3.93. The maximum atomic E-state index is 11.0. The van der Waals surface area contributed by atoms with E-state index in [-0.39, 0.29) is 5.91 Å². The Morgan fingerprint density at radius 2 is 1.37 bits per heavy atom. The summed E-state index contributed by atoms with van der Waals surface area (Å²) in [6, 6.07) is 21.6. The van der Waals surface area contributed by atoms with Gasteiger partial charge in [0.25, 0.3) is 0 Å². The van der Waals surface area contributed by atoms with E-state index < -0.39 is 0 Å². The minimum atomic E-state index is -0.0474. The van der Waals surface area contributed by atoms with Crippen molar-refractivity contribution in [2.75, 3.05) is 11.4 Å². The van der Waals surface area contributed by atoms with E-state index in [0.717, 1.165) is 5.69 Å². The van der Waals surface area contributed by atoms with E-state index in [0.29, 0.717) is 11.7 Å². The molecular formula is C15H14N2OS. The van der Waals surface area contributed by atoms with Crippen molar-refractivity contribution in [1.82, 2.24) is 5.32 Å². The predicted molar refractivity (Wildman–Crippen MR) is 81.0 cm³/mol. The molecule has 19 heavy (non-hydrogen) atoms. The lowest BCUT2D eigenvalue weighted by atomic mass is 10.3. The lowest BCUT2D eigenvalue weighted by Gasteiger charge is -2.14. The summed E-state index contributed by atoms with van der Waals surface area (Å²) in [7, 11) is 0. The van der Waals surface area contributed by atoms with Crippen LogP contribution in [0.25, 0.3) is 0 Å². The molecule has 2 aromatic carbocycles. The highest BCUT2D eigenvalue weighted by Crippen LogP contribution is 2.15. The fourth-order valence-corrected chi connectivity index (χ4v) is 1.93. The summed E-state index contributed by atoms with van der Waals surface area (Å²) < 4.78 is 0. The molecule has 0 atom stereocenters. The monoisotopic (exact) mass is 270 g/mol. The van der Waals surface area contributed by atoms with Gasteiger partial charge in [0.15, 0.2) is 5.11 Å². The van der Waals surface area contributed by atoms with Gasteiger partial charge in [-0.3, -0.25) is 4.79 Å². The first-order valence-electron chi connectivity index (χ1n) is 5.94. The molecule has 1 amide bonds. The van der Waals surface area contributed by atoms with Gasteiger partial charge in [0.2, 0.25) is 5.91 Å². The van der Waals surface area contributed by atoms with Crippen molar-refractivity contribution in [1.29, 1.82) is 0 Å². The number of para-hydroxylation sites is 1. The molecule has 0 spiro atoms. The summed E-state index contributed by atoms with van der Waals surface area (Å²) in [5.74, 6) is -0.0474. The van der Waals surface area contributed by atoms with Gasteiger partial charge in [0.1, 0.15) is 6.54 Å². The van der Waals surface area contributed by atoms with Crippen LogP contribution in [0.3, 0.4) is 0 Å². The quantitative estimate of drug-likeness (QED) is 0.808. The number of thiocarbonyl (C=S) groups is 1. The van der Waals surface area contributed by atoms with Crippen molar-refractivity contribution in [3.63, 3.8) is 0 Å². The standard InChI is InChI=1S/C9H8N2OS.C6H6/c12-8-6-11(9(13)10-8)7-4-2-1-3-5-7;1-2-4-6-5-3-1/h1-5H,6H2,(H,10,12,13);1-6H. The van der Waals surface area contributed by atoms with E-state index in [2.05, 4.69) is 5.32 Å². The number of benzene rings is 2. The Morgan fingerprint density at radius 3 is 1.79 bits per heavy atom. The molecule has 0 bridgehead atoms. The molecule has 0 saturated carbocycles. The average molecular weight is 270 g/mol. The average Bonchev–Trinajstić information content (AvgIpc) is 2.81. The first-order valence-corrected chi connectivity index (χ1v) is 6.34. The minimum Gasteiger partial charge on any atom is -0.309 e. The third-order valence-corrected chi connectivity index (χ3v) is 2.85. The molecular weight excluding hydrogens is 256 g/mol. The summed E-state index contributed by atoms with van der Waals surface area (Å²) >= 11 is 4.99. The van der Waals surface area contributed by atoms with Crippen LogP contribution < -0.4 is 10.2 Å². The number of carbonyl (C=O) groups is 1. The van der Waals surface area contributed by atoms with Gasteiger partial charge in [0, 0.05) is 5.69 Å². The van der Waals surface area contributed by atoms with Gasteiger partial charge in [-0.1, -0.05) is 54.6 Å². The number of hydrogen-bond acceptors (Lipinski definition) is 2. The molecule has 1 N–H and O–H groups in total. The van der Waals surface area contributed by atoms with Gasteiger partial charge in [0.05, 0.1) is 0 Å². The topological polar surface area (TPSA) is 32.3 Å². The highest BCUT2D eigenvalue weighted by atomic mass is 32.1. The number of nitrogens with one attached hydrogen (secondary N) is 1. The molecule has 1 fully saturated rings. The Kier molecular flexibility index (Phi) is 4.64. The molecule has 1 aliphatic heterocycles. The highest BCUT2D eigenvalue weighted by Gasteiger charge is 2.23. The van der Waals surface area contributed by atoms with Crippen molar-refractivity contribution in [3.05, 3.63) is 66.7 Å². The molecule has 1 heterocycles. The van der Waals surface area contributed by atoms with Gasteiger partial charge in [-0.25, -0.2) is 0 Å². The molecule has 3 rings (SSSR count). The van der Waals surface area contributed by atoms with Gasteiger partial charge in [-0.05, 0) is 24.4 Å². The van der Waals surface area contributed by atoms with Crippen LogP contribution in [0.5, 0.6) is 0 Å². The molecule has 96 valence electrons. The van der Waals surface area contributed by atoms with Crippen molar-refractivity contribution in [3.8, 4) is 0 Å². The minimum absolute atomic E-state index is 0.0474. The fourth-order valence-electron chi connectivity index (χ4n) is 1.64. The molecule has 2 aromatic rings. The van der Waals surface area contributed by atoms with Crippen LogP contribution >= 0.6 is 12.2 Å². The van der Waals surface area contributed by atoms with Crippen molar-refractivity contribution < 1.29 is 4.79 Å². The van der Waals surface area contributed by atoms with Gasteiger partial charge in [-0.15, -0.1) is 0 Å². The second-order valence-corrected chi connectivity index (χ2v) is 4.32. The lowest BCUT2D eigenvalue weighted by Crippen LogP contribution is -2.27. The van der Waals surface area contributed by atoms with Crippen LogP contribution in [0, 0.1) is 0 Å². The summed E-state index contributed by atoms with van der Waals surface area (Å²) in [6.45, 7) is 0.322.